The predicted octanol–water partition coefficient (Wildman–Crippen LogP) is 5.46. The Balaban J connectivity index is 1.66. The molecule has 4 nitrogen and oxygen atoms in total. The van der Waals surface area contributed by atoms with Crippen LogP contribution >= 0.6 is 0 Å². The molecule has 0 spiro atoms. The van der Waals surface area contributed by atoms with Crippen molar-refractivity contribution in [3.8, 4) is 0 Å². The maximum Gasteiger partial charge on any atom is 0.0697 e. The van der Waals surface area contributed by atoms with Crippen molar-refractivity contribution in [3.05, 3.63) is 102 Å². The fourth-order valence-corrected chi connectivity index (χ4v) is 4.03. The van der Waals surface area contributed by atoms with Gasteiger partial charge in [-0.2, -0.15) is 0 Å². The number of benzene rings is 4. The number of hydrogen-bond donors (Lipinski definition) is 4. The molecule has 0 bridgehead atoms. The molecular weight excluding hydrogens is 356 g/mol. The van der Waals surface area contributed by atoms with Gasteiger partial charge in [-0.3, -0.25) is 0 Å². The third-order valence-corrected chi connectivity index (χ3v) is 5.33. The van der Waals surface area contributed by atoms with E-state index in [-0.39, 0.29) is 0 Å². The van der Waals surface area contributed by atoms with Gasteiger partial charge in [-0.1, -0.05) is 54.6 Å². The Hall–Kier alpha value is -3.92. The van der Waals surface area contributed by atoms with Crippen LogP contribution in [0.2, 0.25) is 0 Å². The van der Waals surface area contributed by atoms with Crippen LogP contribution in [0, 0.1) is 0 Å². The van der Waals surface area contributed by atoms with Gasteiger partial charge in [0.1, 0.15) is 0 Å². The zero-order valence-electron chi connectivity index (χ0n) is 15.9. The Morgan fingerprint density at radius 3 is 2.03 bits per heavy atom. The zero-order valence-corrected chi connectivity index (χ0v) is 15.9. The summed E-state index contributed by atoms with van der Waals surface area (Å²) in [5.41, 5.74) is 20.7. The highest BCUT2D eigenvalue weighted by Crippen LogP contribution is 2.42. The molecule has 0 saturated heterocycles. The van der Waals surface area contributed by atoms with Crippen molar-refractivity contribution in [3.63, 3.8) is 0 Å². The fraction of sp³-hybridized carbons (Fsp3) is 0.0400. The standard InChI is InChI=1S/C25H22N4/c26-21-14-16-15-22(27)25(29-18-10-5-2-6-11-18)20-13-7-12-19(23(16)20)24(21)28-17-8-3-1-4-9-17/h1-14,28-29H,15,26-27H2. The van der Waals surface area contributed by atoms with Gasteiger partial charge in [-0.15, -0.1) is 0 Å². The summed E-state index contributed by atoms with van der Waals surface area (Å²) < 4.78 is 0. The minimum absolute atomic E-state index is 0.665. The molecule has 4 aromatic rings. The number of nitrogens with two attached hydrogens (primary N) is 2. The number of rotatable bonds is 4. The number of hydrogen-bond acceptors (Lipinski definition) is 4. The van der Waals surface area contributed by atoms with Gasteiger partial charge in [0.25, 0.3) is 0 Å². The Labute approximate surface area is 169 Å². The van der Waals surface area contributed by atoms with Crippen molar-refractivity contribution in [2.75, 3.05) is 16.4 Å². The first-order chi connectivity index (χ1) is 14.2. The summed E-state index contributed by atoms with van der Waals surface area (Å²) in [4.78, 5) is 0. The van der Waals surface area contributed by atoms with Crippen LogP contribution in [0.4, 0.5) is 22.7 Å². The molecule has 0 amide bonds. The molecule has 0 aliphatic heterocycles. The highest BCUT2D eigenvalue weighted by atomic mass is 14.9. The summed E-state index contributed by atoms with van der Waals surface area (Å²) >= 11 is 0. The third kappa shape index (κ3) is 3.05. The van der Waals surface area contributed by atoms with Gasteiger partial charge in [-0.05, 0) is 41.3 Å². The quantitative estimate of drug-likeness (QED) is 0.356. The lowest BCUT2D eigenvalue weighted by Gasteiger charge is -2.25. The van der Waals surface area contributed by atoms with Crippen LogP contribution in [0.3, 0.4) is 0 Å². The van der Waals surface area contributed by atoms with Crippen molar-refractivity contribution in [2.24, 2.45) is 5.73 Å². The summed E-state index contributed by atoms with van der Waals surface area (Å²) in [5, 5.41) is 9.31. The van der Waals surface area contributed by atoms with Crippen LogP contribution in [0.1, 0.15) is 11.1 Å². The second-order valence-electron chi connectivity index (χ2n) is 7.29. The molecule has 4 heteroatoms. The van der Waals surface area contributed by atoms with Crippen molar-refractivity contribution < 1.29 is 0 Å². The van der Waals surface area contributed by atoms with E-state index in [1.165, 1.54) is 5.39 Å². The largest absolute Gasteiger partial charge is 0.400 e. The first kappa shape index (κ1) is 17.2. The average molecular weight is 378 g/mol. The maximum atomic E-state index is 6.49. The van der Waals surface area contributed by atoms with Crippen LogP contribution in [0.15, 0.2) is 90.6 Å². The van der Waals surface area contributed by atoms with E-state index in [4.69, 9.17) is 11.5 Å². The van der Waals surface area contributed by atoms with E-state index in [9.17, 15) is 0 Å². The highest BCUT2D eigenvalue weighted by molar-refractivity contribution is 6.09. The summed E-state index contributed by atoms with van der Waals surface area (Å²) in [6.45, 7) is 0. The SMILES string of the molecule is NC1=C(Nc2ccccc2)c2cccc3c(Nc4ccccc4)c(N)cc(c23)C1. The van der Waals surface area contributed by atoms with Crippen molar-refractivity contribution in [2.45, 2.75) is 6.42 Å². The molecule has 1 aliphatic rings. The number of para-hydroxylation sites is 2. The van der Waals surface area contributed by atoms with E-state index >= 15 is 0 Å². The molecule has 0 aromatic heterocycles. The highest BCUT2D eigenvalue weighted by Gasteiger charge is 2.22. The second-order valence-corrected chi connectivity index (χ2v) is 7.29. The van der Waals surface area contributed by atoms with Gasteiger partial charge in [0.15, 0.2) is 0 Å². The van der Waals surface area contributed by atoms with Gasteiger partial charge >= 0.3 is 0 Å². The van der Waals surface area contributed by atoms with Gasteiger partial charge in [0.2, 0.25) is 0 Å². The molecule has 0 unspecified atom stereocenters. The number of allylic oxidation sites excluding steroid dienone is 1. The van der Waals surface area contributed by atoms with Crippen molar-refractivity contribution in [1.29, 1.82) is 0 Å². The fourth-order valence-electron chi connectivity index (χ4n) is 4.03. The monoisotopic (exact) mass is 378 g/mol. The lowest BCUT2D eigenvalue weighted by molar-refractivity contribution is 1.11. The first-order valence-electron chi connectivity index (χ1n) is 9.68. The molecule has 142 valence electrons. The smallest absolute Gasteiger partial charge is 0.0697 e. The topological polar surface area (TPSA) is 76.1 Å². The van der Waals surface area contributed by atoms with Crippen LogP contribution in [0.5, 0.6) is 0 Å². The zero-order chi connectivity index (χ0) is 19.8. The number of nitrogens with one attached hydrogen (secondary N) is 2. The van der Waals surface area contributed by atoms with E-state index in [1.807, 2.05) is 66.7 Å². The number of anilines is 4. The molecule has 6 N–H and O–H groups in total. The molecule has 4 aromatic carbocycles. The Kier molecular flexibility index (Phi) is 4.10. The lowest BCUT2D eigenvalue weighted by Crippen LogP contribution is -2.16. The summed E-state index contributed by atoms with van der Waals surface area (Å²) in [7, 11) is 0. The van der Waals surface area contributed by atoms with Crippen LogP contribution < -0.4 is 22.1 Å². The average Bonchev–Trinajstić information content (AvgIpc) is 2.75. The Morgan fingerprint density at radius 2 is 1.34 bits per heavy atom. The predicted molar refractivity (Wildman–Crippen MR) is 123 cm³/mol. The van der Waals surface area contributed by atoms with Crippen molar-refractivity contribution >= 4 is 39.2 Å². The van der Waals surface area contributed by atoms with Crippen LogP contribution in [-0.2, 0) is 6.42 Å². The van der Waals surface area contributed by atoms with Crippen LogP contribution in [0.25, 0.3) is 16.5 Å². The molecule has 1 aliphatic carbocycles. The molecule has 5 rings (SSSR count). The van der Waals surface area contributed by atoms with Crippen LogP contribution in [-0.4, -0.2) is 0 Å². The summed E-state index contributed by atoms with van der Waals surface area (Å²) in [6, 6.07) is 28.5. The van der Waals surface area contributed by atoms with Gasteiger partial charge in [0, 0.05) is 34.4 Å². The molecule has 0 atom stereocenters. The maximum absolute atomic E-state index is 6.49. The Morgan fingerprint density at radius 1 is 0.690 bits per heavy atom. The molecule has 0 fully saturated rings. The number of nitrogen functional groups attached to an aromatic ring is 1. The molecule has 29 heavy (non-hydrogen) atoms. The van der Waals surface area contributed by atoms with E-state index in [0.717, 1.165) is 50.7 Å². The minimum Gasteiger partial charge on any atom is -0.400 e. The third-order valence-electron chi connectivity index (χ3n) is 5.33. The van der Waals surface area contributed by atoms with E-state index in [2.05, 4.69) is 28.8 Å². The van der Waals surface area contributed by atoms with E-state index < -0.39 is 0 Å². The summed E-state index contributed by atoms with van der Waals surface area (Å²) in [5.74, 6) is 0. The van der Waals surface area contributed by atoms with Crippen molar-refractivity contribution in [1.82, 2.24) is 0 Å². The molecule has 0 saturated carbocycles. The second kappa shape index (κ2) is 6.91. The lowest BCUT2D eigenvalue weighted by atomic mass is 9.88. The van der Waals surface area contributed by atoms with Gasteiger partial charge < -0.3 is 22.1 Å². The Bertz CT molecular complexity index is 1230. The minimum atomic E-state index is 0.665. The van der Waals surface area contributed by atoms with Gasteiger partial charge in [0.05, 0.1) is 17.1 Å². The normalized spacial score (nSPS) is 12.8. The van der Waals surface area contributed by atoms with E-state index in [1.54, 1.807) is 0 Å². The van der Waals surface area contributed by atoms with E-state index in [0.29, 0.717) is 6.42 Å². The molecule has 0 heterocycles. The molecular formula is C25H22N4. The first-order valence-corrected chi connectivity index (χ1v) is 9.68. The van der Waals surface area contributed by atoms with Gasteiger partial charge in [-0.25, -0.2) is 0 Å². The summed E-state index contributed by atoms with van der Waals surface area (Å²) in [6.07, 6.45) is 0.665. The molecule has 0 radical (unpaired) electrons.